The van der Waals surface area contributed by atoms with Crippen LogP contribution in [-0.2, 0) is 0 Å². The highest BCUT2D eigenvalue weighted by Gasteiger charge is 2.14. The van der Waals surface area contributed by atoms with E-state index in [1.54, 1.807) is 0 Å². The van der Waals surface area contributed by atoms with Gasteiger partial charge in [0.25, 0.3) is 0 Å². The molecule has 94 valence electrons. The molecule has 0 N–H and O–H groups in total. The van der Waals surface area contributed by atoms with Crippen molar-refractivity contribution in [2.75, 3.05) is 4.90 Å². The lowest BCUT2D eigenvalue weighted by Gasteiger charge is -2.26. The van der Waals surface area contributed by atoms with Crippen LogP contribution in [0.3, 0.4) is 0 Å². The van der Waals surface area contributed by atoms with Gasteiger partial charge >= 0.3 is 0 Å². The van der Waals surface area contributed by atoms with Crippen molar-refractivity contribution in [3.8, 4) is 0 Å². The number of nitrogens with zero attached hydrogens (tertiary/aromatic N) is 1. The molecule has 0 atom stereocenters. The largest absolute Gasteiger partial charge is 0.314 e. The first-order valence-corrected chi connectivity index (χ1v) is 6.62. The van der Waals surface area contributed by atoms with Gasteiger partial charge in [-0.1, -0.05) is 42.5 Å². The van der Waals surface area contributed by atoms with Gasteiger partial charge in [-0.05, 0) is 42.8 Å². The number of hydrogen-bond donors (Lipinski definition) is 0. The lowest BCUT2D eigenvalue weighted by Crippen LogP contribution is -2.15. The number of aryl methyl sites for hydroxylation is 1. The zero-order valence-electron chi connectivity index (χ0n) is 11.1. The maximum Gasteiger partial charge on any atom is 0.0461 e. The maximum atomic E-state index is 2.33. The summed E-state index contributed by atoms with van der Waals surface area (Å²) in [6.07, 6.45) is 7.50. The Morgan fingerprint density at radius 3 is 2.37 bits per heavy atom. The van der Waals surface area contributed by atoms with E-state index in [2.05, 4.69) is 84.6 Å². The van der Waals surface area contributed by atoms with Gasteiger partial charge in [-0.25, -0.2) is 0 Å². The van der Waals surface area contributed by atoms with Crippen LogP contribution in [0.1, 0.15) is 12.0 Å². The van der Waals surface area contributed by atoms with E-state index in [9.17, 15) is 0 Å². The van der Waals surface area contributed by atoms with Gasteiger partial charge in [-0.3, -0.25) is 0 Å². The van der Waals surface area contributed by atoms with Crippen molar-refractivity contribution in [1.29, 1.82) is 0 Å². The number of hydrogen-bond acceptors (Lipinski definition) is 1. The van der Waals surface area contributed by atoms with Gasteiger partial charge < -0.3 is 4.90 Å². The van der Waals surface area contributed by atoms with Crippen molar-refractivity contribution >= 4 is 11.4 Å². The lowest BCUT2D eigenvalue weighted by atomic mass is 10.1. The van der Waals surface area contributed by atoms with Crippen LogP contribution >= 0.6 is 0 Å². The van der Waals surface area contributed by atoms with Crippen molar-refractivity contribution in [2.24, 2.45) is 0 Å². The van der Waals surface area contributed by atoms with Crippen LogP contribution in [0.2, 0.25) is 0 Å². The summed E-state index contributed by atoms with van der Waals surface area (Å²) in [4.78, 5) is 2.33. The average Bonchev–Trinajstić information content (AvgIpc) is 2.94. The third kappa shape index (κ3) is 2.45. The highest BCUT2D eigenvalue weighted by atomic mass is 15.1. The second-order valence-electron chi connectivity index (χ2n) is 4.80. The minimum Gasteiger partial charge on any atom is -0.314 e. The first-order chi connectivity index (χ1) is 9.34. The molecule has 0 saturated heterocycles. The highest BCUT2D eigenvalue weighted by molar-refractivity contribution is 5.69. The topological polar surface area (TPSA) is 3.24 Å². The summed E-state index contributed by atoms with van der Waals surface area (Å²) in [5.41, 5.74) is 5.03. The Hall–Kier alpha value is -2.28. The molecule has 1 nitrogen and oxygen atoms in total. The van der Waals surface area contributed by atoms with Crippen molar-refractivity contribution in [3.63, 3.8) is 0 Å². The molecule has 3 rings (SSSR count). The molecule has 0 heterocycles. The van der Waals surface area contributed by atoms with Crippen LogP contribution < -0.4 is 4.90 Å². The highest BCUT2D eigenvalue weighted by Crippen LogP contribution is 2.33. The standard InChI is InChI=1S/C18H17N/c1-15-8-7-13-18(14-15)19(17-11-5-6-12-17)16-9-3-2-4-10-16/h2-11,13-14H,12H2,1H3. The van der Waals surface area contributed by atoms with E-state index >= 15 is 0 Å². The molecule has 2 aromatic rings. The summed E-state index contributed by atoms with van der Waals surface area (Å²) in [5.74, 6) is 0. The molecular weight excluding hydrogens is 230 g/mol. The molecule has 1 aliphatic rings. The molecule has 1 aliphatic carbocycles. The summed E-state index contributed by atoms with van der Waals surface area (Å²) in [7, 11) is 0. The molecular formula is C18H17N. The monoisotopic (exact) mass is 247 g/mol. The molecule has 0 aromatic heterocycles. The van der Waals surface area contributed by atoms with Crippen molar-refractivity contribution in [3.05, 3.63) is 84.1 Å². The normalized spacial score (nSPS) is 13.4. The summed E-state index contributed by atoms with van der Waals surface area (Å²) in [6.45, 7) is 2.13. The number of allylic oxidation sites excluding steroid dienone is 3. The molecule has 0 spiro atoms. The molecule has 0 unspecified atom stereocenters. The molecule has 0 aliphatic heterocycles. The number of para-hydroxylation sites is 1. The summed E-state index contributed by atoms with van der Waals surface area (Å²) < 4.78 is 0. The van der Waals surface area contributed by atoms with E-state index in [-0.39, 0.29) is 0 Å². The van der Waals surface area contributed by atoms with Crippen molar-refractivity contribution in [1.82, 2.24) is 0 Å². The Bertz CT molecular complexity index is 623. The third-order valence-corrected chi connectivity index (χ3v) is 3.31. The summed E-state index contributed by atoms with van der Waals surface area (Å²) in [6, 6.07) is 19.2. The minimum atomic E-state index is 0.989. The Morgan fingerprint density at radius 2 is 1.68 bits per heavy atom. The van der Waals surface area contributed by atoms with E-state index in [1.165, 1.54) is 22.6 Å². The summed E-state index contributed by atoms with van der Waals surface area (Å²) in [5, 5.41) is 0. The Kier molecular flexibility index (Phi) is 3.20. The fraction of sp³-hybridized carbons (Fsp3) is 0.111. The van der Waals surface area contributed by atoms with Crippen LogP contribution in [0.25, 0.3) is 0 Å². The number of rotatable bonds is 3. The van der Waals surface area contributed by atoms with Gasteiger partial charge in [0, 0.05) is 23.5 Å². The summed E-state index contributed by atoms with van der Waals surface area (Å²) >= 11 is 0. The third-order valence-electron chi connectivity index (χ3n) is 3.31. The Morgan fingerprint density at radius 1 is 0.895 bits per heavy atom. The van der Waals surface area contributed by atoms with E-state index in [0.29, 0.717) is 0 Å². The molecule has 0 bridgehead atoms. The zero-order valence-corrected chi connectivity index (χ0v) is 11.1. The molecule has 0 saturated carbocycles. The minimum absolute atomic E-state index is 0.989. The van der Waals surface area contributed by atoms with E-state index in [0.717, 1.165) is 6.42 Å². The zero-order chi connectivity index (χ0) is 13.1. The van der Waals surface area contributed by atoms with Gasteiger partial charge in [0.05, 0.1) is 0 Å². The number of benzene rings is 2. The fourth-order valence-corrected chi connectivity index (χ4v) is 2.43. The van der Waals surface area contributed by atoms with Gasteiger partial charge in [-0.15, -0.1) is 0 Å². The quantitative estimate of drug-likeness (QED) is 0.739. The SMILES string of the molecule is Cc1cccc(N(C2=CC=CC2)c2ccccc2)c1. The van der Waals surface area contributed by atoms with E-state index in [1.807, 2.05) is 0 Å². The predicted octanol–water partition coefficient (Wildman–Crippen LogP) is 4.98. The molecule has 19 heavy (non-hydrogen) atoms. The van der Waals surface area contributed by atoms with E-state index in [4.69, 9.17) is 0 Å². The first kappa shape index (κ1) is 11.8. The molecule has 0 amide bonds. The van der Waals surface area contributed by atoms with Crippen LogP contribution in [0.4, 0.5) is 11.4 Å². The van der Waals surface area contributed by atoms with Crippen LogP contribution in [-0.4, -0.2) is 0 Å². The Labute approximate surface area is 114 Å². The predicted molar refractivity (Wildman–Crippen MR) is 81.6 cm³/mol. The van der Waals surface area contributed by atoms with Crippen LogP contribution in [0.15, 0.2) is 78.5 Å². The van der Waals surface area contributed by atoms with Crippen molar-refractivity contribution < 1.29 is 0 Å². The van der Waals surface area contributed by atoms with Gasteiger partial charge in [0.15, 0.2) is 0 Å². The second-order valence-corrected chi connectivity index (χ2v) is 4.80. The fourth-order valence-electron chi connectivity index (χ4n) is 2.43. The lowest BCUT2D eigenvalue weighted by molar-refractivity contribution is 1.10. The van der Waals surface area contributed by atoms with Gasteiger partial charge in [-0.2, -0.15) is 0 Å². The number of anilines is 2. The molecule has 0 radical (unpaired) electrons. The second kappa shape index (κ2) is 5.15. The van der Waals surface area contributed by atoms with Crippen LogP contribution in [0, 0.1) is 6.92 Å². The van der Waals surface area contributed by atoms with Gasteiger partial charge in [0.2, 0.25) is 0 Å². The maximum absolute atomic E-state index is 2.33. The Balaban J connectivity index is 2.07. The molecule has 2 aromatic carbocycles. The smallest absolute Gasteiger partial charge is 0.0461 e. The molecule has 1 heteroatoms. The molecule has 0 fully saturated rings. The van der Waals surface area contributed by atoms with Crippen molar-refractivity contribution in [2.45, 2.75) is 13.3 Å². The van der Waals surface area contributed by atoms with Crippen LogP contribution in [0.5, 0.6) is 0 Å². The van der Waals surface area contributed by atoms with E-state index < -0.39 is 0 Å². The average molecular weight is 247 g/mol. The first-order valence-electron chi connectivity index (χ1n) is 6.62. The van der Waals surface area contributed by atoms with Gasteiger partial charge in [0.1, 0.15) is 0 Å².